The summed E-state index contributed by atoms with van der Waals surface area (Å²) < 4.78 is 0. The third kappa shape index (κ3) is 1.48. The summed E-state index contributed by atoms with van der Waals surface area (Å²) >= 11 is 0. The van der Waals surface area contributed by atoms with E-state index < -0.39 is 0 Å². The summed E-state index contributed by atoms with van der Waals surface area (Å²) in [6.07, 6.45) is 5.11. The monoisotopic (exact) mass is 193 g/mol. The van der Waals surface area contributed by atoms with Gasteiger partial charge in [0.15, 0.2) is 0 Å². The molecule has 0 aromatic rings. The second kappa shape index (κ2) is 3.58. The molecule has 76 valence electrons. The SMILES string of the molecule is CC1=CCC2CN(CCO)C(=O)C2=C1. The molecule has 2 rings (SSSR count). The van der Waals surface area contributed by atoms with Gasteiger partial charge in [-0.1, -0.05) is 17.7 Å². The van der Waals surface area contributed by atoms with Crippen LogP contribution in [0.25, 0.3) is 0 Å². The van der Waals surface area contributed by atoms with Gasteiger partial charge in [0.25, 0.3) is 0 Å². The molecule has 1 saturated heterocycles. The van der Waals surface area contributed by atoms with Crippen LogP contribution in [0.5, 0.6) is 0 Å². The Balaban J connectivity index is 2.17. The number of aliphatic hydroxyl groups is 1. The number of β-amino-alcohol motifs (C(OH)–C–C–N with tert-alkyl or cyclic N) is 1. The normalized spacial score (nSPS) is 26.0. The van der Waals surface area contributed by atoms with Gasteiger partial charge in [-0.3, -0.25) is 4.79 Å². The molecule has 1 N–H and O–H groups in total. The third-order valence-electron chi connectivity index (χ3n) is 2.89. The highest BCUT2D eigenvalue weighted by molar-refractivity contribution is 5.97. The first-order valence-electron chi connectivity index (χ1n) is 5.01. The maximum Gasteiger partial charge on any atom is 0.250 e. The van der Waals surface area contributed by atoms with Crippen molar-refractivity contribution >= 4 is 5.91 Å². The fourth-order valence-corrected chi connectivity index (χ4v) is 2.13. The number of allylic oxidation sites excluding steroid dienone is 3. The van der Waals surface area contributed by atoms with Crippen molar-refractivity contribution in [3.63, 3.8) is 0 Å². The standard InChI is InChI=1S/C11H15NO2/c1-8-2-3-9-7-12(4-5-13)11(14)10(9)6-8/h2,6,9,13H,3-5,7H2,1H3. The van der Waals surface area contributed by atoms with Crippen molar-refractivity contribution in [2.75, 3.05) is 19.7 Å². The van der Waals surface area contributed by atoms with E-state index in [-0.39, 0.29) is 12.5 Å². The highest BCUT2D eigenvalue weighted by Crippen LogP contribution is 2.31. The second-order valence-corrected chi connectivity index (χ2v) is 3.96. The number of carbonyl (C=O) groups excluding carboxylic acids is 1. The molecule has 1 aliphatic carbocycles. The molecule has 2 aliphatic rings. The lowest BCUT2D eigenvalue weighted by atomic mass is 9.91. The smallest absolute Gasteiger partial charge is 0.250 e. The molecule has 1 amide bonds. The molecule has 3 nitrogen and oxygen atoms in total. The van der Waals surface area contributed by atoms with Gasteiger partial charge in [-0.2, -0.15) is 0 Å². The van der Waals surface area contributed by atoms with Crippen LogP contribution < -0.4 is 0 Å². The van der Waals surface area contributed by atoms with Crippen molar-refractivity contribution in [2.24, 2.45) is 5.92 Å². The van der Waals surface area contributed by atoms with E-state index in [9.17, 15) is 4.79 Å². The van der Waals surface area contributed by atoms with Gasteiger partial charge in [0.05, 0.1) is 6.61 Å². The van der Waals surface area contributed by atoms with Gasteiger partial charge < -0.3 is 10.0 Å². The van der Waals surface area contributed by atoms with Crippen LogP contribution in [0.4, 0.5) is 0 Å². The van der Waals surface area contributed by atoms with Crippen molar-refractivity contribution in [3.8, 4) is 0 Å². The Morgan fingerprint density at radius 3 is 3.14 bits per heavy atom. The van der Waals surface area contributed by atoms with Crippen LogP contribution in [0.2, 0.25) is 0 Å². The summed E-state index contributed by atoms with van der Waals surface area (Å²) in [4.78, 5) is 13.5. The van der Waals surface area contributed by atoms with Crippen molar-refractivity contribution < 1.29 is 9.90 Å². The zero-order valence-electron chi connectivity index (χ0n) is 8.36. The molecule has 1 fully saturated rings. The zero-order chi connectivity index (χ0) is 10.1. The quantitative estimate of drug-likeness (QED) is 0.701. The third-order valence-corrected chi connectivity index (χ3v) is 2.89. The Morgan fingerprint density at radius 2 is 2.43 bits per heavy atom. The Hall–Kier alpha value is -1.09. The lowest BCUT2D eigenvalue weighted by Gasteiger charge is -2.13. The highest BCUT2D eigenvalue weighted by Gasteiger charge is 2.34. The minimum Gasteiger partial charge on any atom is -0.395 e. The molecule has 3 heteroatoms. The van der Waals surface area contributed by atoms with Crippen LogP contribution in [0.3, 0.4) is 0 Å². The Morgan fingerprint density at radius 1 is 1.64 bits per heavy atom. The molecule has 0 bridgehead atoms. The van der Waals surface area contributed by atoms with Crippen LogP contribution >= 0.6 is 0 Å². The maximum atomic E-state index is 11.8. The second-order valence-electron chi connectivity index (χ2n) is 3.96. The number of amides is 1. The summed E-state index contributed by atoms with van der Waals surface area (Å²) in [5.74, 6) is 0.467. The molecule has 0 radical (unpaired) electrons. The fourth-order valence-electron chi connectivity index (χ4n) is 2.13. The highest BCUT2D eigenvalue weighted by atomic mass is 16.3. The van der Waals surface area contributed by atoms with E-state index in [2.05, 4.69) is 6.08 Å². The first kappa shape index (κ1) is 9.46. The topological polar surface area (TPSA) is 40.5 Å². The van der Waals surface area contributed by atoms with E-state index in [0.29, 0.717) is 12.5 Å². The van der Waals surface area contributed by atoms with Gasteiger partial charge in [0.1, 0.15) is 0 Å². The summed E-state index contributed by atoms with van der Waals surface area (Å²) in [6, 6.07) is 0. The first-order valence-corrected chi connectivity index (χ1v) is 5.01. The van der Waals surface area contributed by atoms with E-state index >= 15 is 0 Å². The number of nitrogens with zero attached hydrogens (tertiary/aromatic N) is 1. The summed E-state index contributed by atoms with van der Waals surface area (Å²) in [5.41, 5.74) is 2.11. The molecular formula is C11H15NO2. The maximum absolute atomic E-state index is 11.8. The van der Waals surface area contributed by atoms with Crippen molar-refractivity contribution in [3.05, 3.63) is 23.3 Å². The largest absolute Gasteiger partial charge is 0.395 e. The average molecular weight is 193 g/mol. The lowest BCUT2D eigenvalue weighted by Crippen LogP contribution is -2.28. The molecule has 1 atom stereocenters. The molecule has 1 unspecified atom stereocenters. The van der Waals surface area contributed by atoms with Crippen LogP contribution in [0, 0.1) is 5.92 Å². The van der Waals surface area contributed by atoms with E-state index in [4.69, 9.17) is 5.11 Å². The van der Waals surface area contributed by atoms with Crippen molar-refractivity contribution in [1.82, 2.24) is 4.90 Å². The van der Waals surface area contributed by atoms with Gasteiger partial charge in [-0.05, 0) is 13.3 Å². The van der Waals surface area contributed by atoms with Crippen LogP contribution in [-0.2, 0) is 4.79 Å². The van der Waals surface area contributed by atoms with Gasteiger partial charge in [0, 0.05) is 24.6 Å². The number of hydrogen-bond acceptors (Lipinski definition) is 2. The number of aliphatic hydroxyl groups excluding tert-OH is 1. The number of hydrogen-bond donors (Lipinski definition) is 1. The number of carbonyl (C=O) groups is 1. The molecule has 0 aromatic carbocycles. The lowest BCUT2D eigenvalue weighted by molar-refractivity contribution is -0.125. The molecule has 0 saturated carbocycles. The predicted molar refractivity (Wildman–Crippen MR) is 53.6 cm³/mol. The Kier molecular flexibility index (Phi) is 2.42. The van der Waals surface area contributed by atoms with Gasteiger partial charge in [-0.15, -0.1) is 0 Å². The molecule has 0 aromatic heterocycles. The minimum atomic E-state index is 0.0537. The van der Waals surface area contributed by atoms with Gasteiger partial charge in [-0.25, -0.2) is 0 Å². The van der Waals surface area contributed by atoms with E-state index in [0.717, 1.165) is 18.5 Å². The number of fused-ring (bicyclic) bond motifs is 1. The first-order chi connectivity index (χ1) is 6.72. The predicted octanol–water partition coefficient (Wildman–Crippen LogP) is 0.714. The Bertz CT molecular complexity index is 317. The fraction of sp³-hybridized carbons (Fsp3) is 0.545. The summed E-state index contributed by atoms with van der Waals surface area (Å²) in [7, 11) is 0. The van der Waals surface area contributed by atoms with E-state index in [1.165, 1.54) is 5.57 Å². The summed E-state index contributed by atoms with van der Waals surface area (Å²) in [5, 5.41) is 8.80. The molecular weight excluding hydrogens is 178 g/mol. The molecule has 0 spiro atoms. The van der Waals surface area contributed by atoms with Gasteiger partial charge >= 0.3 is 0 Å². The van der Waals surface area contributed by atoms with Crippen molar-refractivity contribution in [1.29, 1.82) is 0 Å². The zero-order valence-corrected chi connectivity index (χ0v) is 8.36. The van der Waals surface area contributed by atoms with Crippen LogP contribution in [-0.4, -0.2) is 35.6 Å². The molecule has 14 heavy (non-hydrogen) atoms. The molecule has 1 heterocycles. The van der Waals surface area contributed by atoms with Crippen LogP contribution in [0.1, 0.15) is 13.3 Å². The van der Waals surface area contributed by atoms with E-state index in [1.807, 2.05) is 13.0 Å². The van der Waals surface area contributed by atoms with Gasteiger partial charge in [0.2, 0.25) is 5.91 Å². The Labute approximate surface area is 83.7 Å². The number of rotatable bonds is 2. The minimum absolute atomic E-state index is 0.0537. The van der Waals surface area contributed by atoms with Crippen molar-refractivity contribution in [2.45, 2.75) is 13.3 Å². The van der Waals surface area contributed by atoms with E-state index in [1.54, 1.807) is 4.90 Å². The average Bonchev–Trinajstić information content (AvgIpc) is 2.46. The summed E-state index contributed by atoms with van der Waals surface area (Å²) in [6.45, 7) is 3.31. The van der Waals surface area contributed by atoms with Crippen LogP contribution in [0.15, 0.2) is 23.3 Å². The molecule has 1 aliphatic heterocycles. The number of likely N-dealkylation sites (tertiary alicyclic amines) is 1.